The number of benzene rings is 2. The van der Waals surface area contributed by atoms with Gasteiger partial charge in [-0.1, -0.05) is 41.4 Å². The molecule has 1 heterocycles. The fourth-order valence-corrected chi connectivity index (χ4v) is 3.84. The zero-order chi connectivity index (χ0) is 23.7. The third-order valence-corrected chi connectivity index (χ3v) is 5.26. The van der Waals surface area contributed by atoms with Crippen LogP contribution < -0.4 is 5.32 Å². The van der Waals surface area contributed by atoms with Crippen molar-refractivity contribution >= 4 is 35.2 Å². The number of alkyl halides is 6. The number of hydrogen-bond acceptors (Lipinski definition) is 2. The number of amides is 1. The molecular formula is C21H15Cl2F6NO2. The smallest absolute Gasteiger partial charge is 0.356 e. The van der Waals surface area contributed by atoms with Crippen LogP contribution in [0.15, 0.2) is 42.5 Å². The van der Waals surface area contributed by atoms with Crippen LogP contribution in [0, 0.1) is 0 Å². The van der Waals surface area contributed by atoms with Crippen LogP contribution in [0.3, 0.4) is 0 Å². The zero-order valence-electron chi connectivity index (χ0n) is 16.1. The van der Waals surface area contributed by atoms with Gasteiger partial charge in [-0.25, -0.2) is 0 Å². The van der Waals surface area contributed by atoms with Crippen LogP contribution in [0.5, 0.6) is 0 Å². The molecule has 0 saturated carbocycles. The molecule has 0 aromatic heterocycles. The van der Waals surface area contributed by atoms with Crippen LogP contribution in [-0.4, -0.2) is 24.8 Å². The van der Waals surface area contributed by atoms with E-state index in [4.69, 9.17) is 27.9 Å². The van der Waals surface area contributed by atoms with Crippen LogP contribution in [0.1, 0.15) is 22.3 Å². The molecule has 2 aromatic rings. The van der Waals surface area contributed by atoms with E-state index >= 15 is 0 Å². The Bertz CT molecular complexity index is 1030. The van der Waals surface area contributed by atoms with Gasteiger partial charge in [0, 0.05) is 22.5 Å². The largest absolute Gasteiger partial charge is 0.422 e. The Morgan fingerprint density at radius 3 is 2.28 bits per heavy atom. The monoisotopic (exact) mass is 497 g/mol. The SMILES string of the molecule is O=C(C=Cc1ccc2c(c1)CC(c1cc(Cl)cc(Cl)c1)(C(F)(F)F)OC2)NCC(F)(F)F. The fourth-order valence-electron chi connectivity index (χ4n) is 3.31. The van der Waals surface area contributed by atoms with E-state index in [9.17, 15) is 31.1 Å². The molecule has 1 atom stereocenters. The van der Waals surface area contributed by atoms with Crippen molar-refractivity contribution in [1.82, 2.24) is 5.32 Å². The van der Waals surface area contributed by atoms with Gasteiger partial charge in [-0.15, -0.1) is 0 Å². The van der Waals surface area contributed by atoms with Crippen LogP contribution in [0.4, 0.5) is 26.3 Å². The van der Waals surface area contributed by atoms with Crippen LogP contribution in [0.2, 0.25) is 10.0 Å². The molecule has 172 valence electrons. The summed E-state index contributed by atoms with van der Waals surface area (Å²) in [4.78, 5) is 11.5. The van der Waals surface area contributed by atoms with Crippen molar-refractivity contribution in [2.75, 3.05) is 6.54 Å². The summed E-state index contributed by atoms with van der Waals surface area (Å²) >= 11 is 11.8. The lowest BCUT2D eigenvalue weighted by Crippen LogP contribution is -2.48. The molecule has 1 N–H and O–H groups in total. The van der Waals surface area contributed by atoms with Crippen LogP contribution >= 0.6 is 23.2 Å². The predicted octanol–water partition coefficient (Wildman–Crippen LogP) is 6.22. The van der Waals surface area contributed by atoms with E-state index in [2.05, 4.69) is 0 Å². The molecule has 1 aliphatic rings. The van der Waals surface area contributed by atoms with Crippen molar-refractivity contribution < 1.29 is 35.9 Å². The molecule has 1 unspecified atom stereocenters. The van der Waals surface area contributed by atoms with E-state index in [0.717, 1.165) is 18.2 Å². The molecule has 2 aromatic carbocycles. The summed E-state index contributed by atoms with van der Waals surface area (Å²) in [6.45, 7) is -1.83. The van der Waals surface area contributed by atoms with Gasteiger partial charge < -0.3 is 10.1 Å². The van der Waals surface area contributed by atoms with Crippen molar-refractivity contribution in [2.24, 2.45) is 0 Å². The second-order valence-corrected chi connectivity index (χ2v) is 8.02. The number of fused-ring (bicyclic) bond motifs is 1. The number of carbonyl (C=O) groups is 1. The highest BCUT2D eigenvalue weighted by Crippen LogP contribution is 2.49. The van der Waals surface area contributed by atoms with Gasteiger partial charge in [0.25, 0.3) is 0 Å². The highest BCUT2D eigenvalue weighted by Gasteiger charge is 2.59. The molecule has 0 aliphatic carbocycles. The third kappa shape index (κ3) is 5.57. The molecule has 0 fully saturated rings. The predicted molar refractivity (Wildman–Crippen MR) is 107 cm³/mol. The van der Waals surface area contributed by atoms with Gasteiger partial charge in [-0.3, -0.25) is 4.79 Å². The van der Waals surface area contributed by atoms with Crippen molar-refractivity contribution in [3.63, 3.8) is 0 Å². The molecule has 3 rings (SSSR count). The Balaban J connectivity index is 1.90. The summed E-state index contributed by atoms with van der Waals surface area (Å²) in [5, 5.41) is 1.72. The van der Waals surface area contributed by atoms with E-state index < -0.39 is 36.8 Å². The van der Waals surface area contributed by atoms with Crippen molar-refractivity contribution in [1.29, 1.82) is 0 Å². The minimum absolute atomic E-state index is 0.0204. The van der Waals surface area contributed by atoms with Gasteiger partial charge in [0.15, 0.2) is 5.60 Å². The Hall–Kier alpha value is -2.23. The fraction of sp³-hybridized carbons (Fsp3) is 0.286. The molecule has 0 saturated heterocycles. The molecule has 11 heteroatoms. The maximum atomic E-state index is 14.2. The lowest BCUT2D eigenvalue weighted by Gasteiger charge is -2.40. The van der Waals surface area contributed by atoms with E-state index in [0.29, 0.717) is 16.7 Å². The Morgan fingerprint density at radius 1 is 1.03 bits per heavy atom. The van der Waals surface area contributed by atoms with Crippen molar-refractivity contribution in [3.05, 3.63) is 74.8 Å². The summed E-state index contributed by atoms with van der Waals surface area (Å²) in [6, 6.07) is 8.07. The minimum Gasteiger partial charge on any atom is -0.356 e. The second-order valence-electron chi connectivity index (χ2n) is 7.14. The number of nitrogens with one attached hydrogen (secondary N) is 1. The van der Waals surface area contributed by atoms with E-state index in [1.165, 1.54) is 30.3 Å². The molecule has 1 amide bonds. The molecular weight excluding hydrogens is 483 g/mol. The molecule has 0 radical (unpaired) electrons. The summed E-state index contributed by atoms with van der Waals surface area (Å²) in [7, 11) is 0. The number of hydrogen-bond donors (Lipinski definition) is 1. The summed E-state index contributed by atoms with van der Waals surface area (Å²) in [5.74, 6) is -0.985. The molecule has 1 aliphatic heterocycles. The number of carbonyl (C=O) groups excluding carboxylic acids is 1. The highest BCUT2D eigenvalue weighted by molar-refractivity contribution is 6.34. The first-order chi connectivity index (χ1) is 14.8. The normalized spacial score (nSPS) is 19.1. The Labute approximate surface area is 189 Å². The highest BCUT2D eigenvalue weighted by atomic mass is 35.5. The van der Waals surface area contributed by atoms with E-state index in [1.807, 2.05) is 0 Å². The summed E-state index contributed by atoms with van der Waals surface area (Å²) in [6.07, 6.45) is -7.85. The lowest BCUT2D eigenvalue weighted by molar-refractivity contribution is -0.293. The van der Waals surface area contributed by atoms with Crippen LogP contribution in [-0.2, 0) is 28.2 Å². The van der Waals surface area contributed by atoms with Crippen molar-refractivity contribution in [2.45, 2.75) is 31.0 Å². The third-order valence-electron chi connectivity index (χ3n) is 4.82. The average molecular weight is 498 g/mol. The first-order valence-electron chi connectivity index (χ1n) is 9.11. The standard InChI is InChI=1S/C21H15Cl2F6NO2/c22-16-6-15(7-17(23)8-16)19(21(27,28)29)9-14-5-12(1-3-13(14)10-32-19)2-4-18(31)30-11-20(24,25)26/h1-8H,9-11H2,(H,30,31). The van der Waals surface area contributed by atoms with Crippen molar-refractivity contribution in [3.8, 4) is 0 Å². The number of rotatable bonds is 4. The zero-order valence-corrected chi connectivity index (χ0v) is 17.6. The Kier molecular flexibility index (Phi) is 6.83. The molecule has 0 spiro atoms. The van der Waals surface area contributed by atoms with E-state index in [1.54, 1.807) is 5.32 Å². The van der Waals surface area contributed by atoms with E-state index in [-0.39, 0.29) is 22.2 Å². The quantitative estimate of drug-likeness (QED) is 0.402. The minimum atomic E-state index is -4.80. The molecule has 0 bridgehead atoms. The lowest BCUT2D eigenvalue weighted by atomic mass is 9.82. The average Bonchev–Trinajstić information content (AvgIpc) is 2.68. The van der Waals surface area contributed by atoms with Gasteiger partial charge in [0.1, 0.15) is 6.54 Å². The molecule has 32 heavy (non-hydrogen) atoms. The number of halogens is 8. The van der Waals surface area contributed by atoms with Gasteiger partial charge in [0.2, 0.25) is 5.91 Å². The van der Waals surface area contributed by atoms with Gasteiger partial charge in [0.05, 0.1) is 6.61 Å². The van der Waals surface area contributed by atoms with Crippen LogP contribution in [0.25, 0.3) is 6.08 Å². The maximum absolute atomic E-state index is 14.2. The van der Waals surface area contributed by atoms with Gasteiger partial charge >= 0.3 is 12.4 Å². The van der Waals surface area contributed by atoms with Gasteiger partial charge in [-0.05, 0) is 46.5 Å². The topological polar surface area (TPSA) is 38.3 Å². The maximum Gasteiger partial charge on any atom is 0.422 e. The Morgan fingerprint density at radius 2 is 1.69 bits per heavy atom. The first kappa shape index (κ1) is 24.4. The number of ether oxygens (including phenoxy) is 1. The molecule has 3 nitrogen and oxygen atoms in total. The second kappa shape index (κ2) is 8.96. The van der Waals surface area contributed by atoms with Gasteiger partial charge in [-0.2, -0.15) is 26.3 Å². The summed E-state index contributed by atoms with van der Waals surface area (Å²) < 4.78 is 84.4. The summed E-state index contributed by atoms with van der Waals surface area (Å²) in [5.41, 5.74) is -1.78. The first-order valence-corrected chi connectivity index (χ1v) is 9.86.